The van der Waals surface area contributed by atoms with Crippen LogP contribution in [0.5, 0.6) is 0 Å². The van der Waals surface area contributed by atoms with Crippen LogP contribution in [0.3, 0.4) is 0 Å². The van der Waals surface area contributed by atoms with Gasteiger partial charge in [0, 0.05) is 12.6 Å². The van der Waals surface area contributed by atoms with E-state index >= 15 is 0 Å². The first-order chi connectivity index (χ1) is 9.88. The lowest BCUT2D eigenvalue weighted by Crippen LogP contribution is -2.29. The second-order valence-electron chi connectivity index (χ2n) is 6.90. The monoisotopic (exact) mass is 281 g/mol. The van der Waals surface area contributed by atoms with Gasteiger partial charge in [0.05, 0.1) is 6.10 Å². The van der Waals surface area contributed by atoms with Crippen molar-refractivity contribution in [3.63, 3.8) is 0 Å². The Kier molecular flexibility index (Phi) is 7.97. The van der Waals surface area contributed by atoms with Crippen molar-refractivity contribution in [1.82, 2.24) is 5.32 Å². The van der Waals surface area contributed by atoms with Crippen LogP contribution in [0, 0.1) is 5.92 Å². The van der Waals surface area contributed by atoms with E-state index in [1.165, 1.54) is 77.0 Å². The average molecular weight is 281 g/mol. The zero-order chi connectivity index (χ0) is 14.0. The maximum absolute atomic E-state index is 5.73. The lowest BCUT2D eigenvalue weighted by Gasteiger charge is -2.25. The van der Waals surface area contributed by atoms with Gasteiger partial charge in [-0.3, -0.25) is 0 Å². The highest BCUT2D eigenvalue weighted by molar-refractivity contribution is 4.73. The molecule has 2 heteroatoms. The SMILES string of the molecule is CCNC(CCCC1CCCO1)CCC1CCCCC1. The zero-order valence-corrected chi connectivity index (χ0v) is 13.5. The highest BCUT2D eigenvalue weighted by Crippen LogP contribution is 2.28. The minimum atomic E-state index is 0.579. The third-order valence-corrected chi connectivity index (χ3v) is 5.24. The first-order valence-electron chi connectivity index (χ1n) is 9.23. The summed E-state index contributed by atoms with van der Waals surface area (Å²) in [6, 6.07) is 0.753. The Morgan fingerprint density at radius 2 is 1.85 bits per heavy atom. The van der Waals surface area contributed by atoms with E-state index < -0.39 is 0 Å². The molecule has 2 unspecified atom stereocenters. The second-order valence-corrected chi connectivity index (χ2v) is 6.90. The van der Waals surface area contributed by atoms with Gasteiger partial charge in [-0.2, -0.15) is 0 Å². The van der Waals surface area contributed by atoms with Crippen LogP contribution >= 0.6 is 0 Å². The predicted molar refractivity (Wildman–Crippen MR) is 86.1 cm³/mol. The van der Waals surface area contributed by atoms with Crippen LogP contribution in [0.25, 0.3) is 0 Å². The topological polar surface area (TPSA) is 21.3 Å². The van der Waals surface area contributed by atoms with Gasteiger partial charge in [0.2, 0.25) is 0 Å². The van der Waals surface area contributed by atoms with Gasteiger partial charge in [-0.15, -0.1) is 0 Å². The maximum atomic E-state index is 5.73. The molecule has 1 aliphatic carbocycles. The molecule has 2 rings (SSSR count). The molecule has 0 bridgehead atoms. The highest BCUT2D eigenvalue weighted by atomic mass is 16.5. The molecule has 118 valence electrons. The van der Waals surface area contributed by atoms with Gasteiger partial charge in [0.15, 0.2) is 0 Å². The number of rotatable bonds is 9. The van der Waals surface area contributed by atoms with Crippen molar-refractivity contribution in [1.29, 1.82) is 0 Å². The van der Waals surface area contributed by atoms with Crippen LogP contribution in [0.1, 0.15) is 84.0 Å². The average Bonchev–Trinajstić information content (AvgIpc) is 2.99. The predicted octanol–water partition coefficient (Wildman–Crippen LogP) is 4.67. The molecule has 1 N–H and O–H groups in total. The van der Waals surface area contributed by atoms with Gasteiger partial charge in [-0.05, 0) is 57.4 Å². The van der Waals surface area contributed by atoms with Gasteiger partial charge in [-0.1, -0.05) is 39.0 Å². The molecule has 1 heterocycles. The Labute approximate surface area is 126 Å². The highest BCUT2D eigenvalue weighted by Gasteiger charge is 2.18. The van der Waals surface area contributed by atoms with Crippen molar-refractivity contribution in [2.24, 2.45) is 5.92 Å². The number of hydrogen-bond donors (Lipinski definition) is 1. The first-order valence-corrected chi connectivity index (χ1v) is 9.23. The molecule has 1 saturated carbocycles. The van der Waals surface area contributed by atoms with Crippen LogP contribution in [0.15, 0.2) is 0 Å². The van der Waals surface area contributed by atoms with Crippen LogP contribution in [0.2, 0.25) is 0 Å². The first kappa shape index (κ1) is 16.3. The van der Waals surface area contributed by atoms with E-state index in [-0.39, 0.29) is 0 Å². The Morgan fingerprint density at radius 1 is 1.00 bits per heavy atom. The molecule has 20 heavy (non-hydrogen) atoms. The van der Waals surface area contributed by atoms with Crippen molar-refractivity contribution >= 4 is 0 Å². The molecule has 0 aromatic heterocycles. The quantitative estimate of drug-likeness (QED) is 0.663. The van der Waals surface area contributed by atoms with Crippen LogP contribution in [0.4, 0.5) is 0 Å². The molecule has 2 atom stereocenters. The Balaban J connectivity index is 1.58. The fourth-order valence-corrected chi connectivity index (χ4v) is 4.01. The molecule has 2 fully saturated rings. The van der Waals surface area contributed by atoms with E-state index in [9.17, 15) is 0 Å². The summed E-state index contributed by atoms with van der Waals surface area (Å²) in [4.78, 5) is 0. The fraction of sp³-hybridized carbons (Fsp3) is 1.00. The minimum absolute atomic E-state index is 0.579. The minimum Gasteiger partial charge on any atom is -0.378 e. The Morgan fingerprint density at radius 3 is 2.55 bits per heavy atom. The maximum Gasteiger partial charge on any atom is 0.0576 e. The summed E-state index contributed by atoms with van der Waals surface area (Å²) in [5, 5.41) is 3.71. The summed E-state index contributed by atoms with van der Waals surface area (Å²) < 4.78 is 5.73. The van der Waals surface area contributed by atoms with E-state index in [0.717, 1.165) is 25.1 Å². The van der Waals surface area contributed by atoms with Gasteiger partial charge < -0.3 is 10.1 Å². The van der Waals surface area contributed by atoms with E-state index in [4.69, 9.17) is 4.74 Å². The summed E-state index contributed by atoms with van der Waals surface area (Å²) in [6.45, 7) is 4.37. The lowest BCUT2D eigenvalue weighted by atomic mass is 9.84. The van der Waals surface area contributed by atoms with Gasteiger partial charge in [-0.25, -0.2) is 0 Å². The van der Waals surface area contributed by atoms with Crippen LogP contribution in [-0.2, 0) is 4.74 Å². The van der Waals surface area contributed by atoms with Gasteiger partial charge in [0.25, 0.3) is 0 Å². The number of hydrogen-bond acceptors (Lipinski definition) is 2. The number of ether oxygens (including phenoxy) is 1. The smallest absolute Gasteiger partial charge is 0.0576 e. The molecule has 2 aliphatic rings. The van der Waals surface area contributed by atoms with Crippen LogP contribution in [-0.4, -0.2) is 25.3 Å². The summed E-state index contributed by atoms with van der Waals surface area (Å²) in [7, 11) is 0. The normalized spacial score (nSPS) is 25.9. The largest absolute Gasteiger partial charge is 0.378 e. The molecule has 0 spiro atoms. The van der Waals surface area contributed by atoms with Gasteiger partial charge >= 0.3 is 0 Å². The molecular weight excluding hydrogens is 246 g/mol. The molecular formula is C18H35NO. The van der Waals surface area contributed by atoms with Gasteiger partial charge in [0.1, 0.15) is 0 Å². The van der Waals surface area contributed by atoms with Crippen molar-refractivity contribution in [3.05, 3.63) is 0 Å². The molecule has 0 amide bonds. The lowest BCUT2D eigenvalue weighted by molar-refractivity contribution is 0.101. The van der Waals surface area contributed by atoms with E-state index in [0.29, 0.717) is 6.10 Å². The summed E-state index contributed by atoms with van der Waals surface area (Å²) in [5.74, 6) is 1.03. The third kappa shape index (κ3) is 6.13. The summed E-state index contributed by atoms with van der Waals surface area (Å²) >= 11 is 0. The van der Waals surface area contributed by atoms with E-state index in [1.807, 2.05) is 0 Å². The number of nitrogens with one attached hydrogen (secondary N) is 1. The van der Waals surface area contributed by atoms with Crippen molar-refractivity contribution in [2.75, 3.05) is 13.2 Å². The standard InChI is InChI=1S/C18H35NO/c1-2-19-17(10-6-11-18-12-7-15-20-18)14-13-16-8-4-3-5-9-16/h16-19H,2-15H2,1H3. The second kappa shape index (κ2) is 9.78. The molecule has 1 saturated heterocycles. The summed E-state index contributed by atoms with van der Waals surface area (Å²) in [6.07, 6.45) is 17.4. The Hall–Kier alpha value is -0.0800. The van der Waals surface area contributed by atoms with Crippen molar-refractivity contribution in [3.8, 4) is 0 Å². The van der Waals surface area contributed by atoms with Crippen molar-refractivity contribution in [2.45, 2.75) is 96.1 Å². The van der Waals surface area contributed by atoms with Crippen LogP contribution < -0.4 is 5.32 Å². The summed E-state index contributed by atoms with van der Waals surface area (Å²) in [5.41, 5.74) is 0. The molecule has 2 nitrogen and oxygen atoms in total. The third-order valence-electron chi connectivity index (χ3n) is 5.24. The van der Waals surface area contributed by atoms with E-state index in [1.54, 1.807) is 0 Å². The zero-order valence-electron chi connectivity index (χ0n) is 13.5. The molecule has 0 radical (unpaired) electrons. The molecule has 0 aromatic carbocycles. The Bertz CT molecular complexity index is 232. The fourth-order valence-electron chi connectivity index (χ4n) is 4.01. The van der Waals surface area contributed by atoms with Crippen molar-refractivity contribution < 1.29 is 4.74 Å². The molecule has 1 aliphatic heterocycles. The molecule has 0 aromatic rings. The van der Waals surface area contributed by atoms with E-state index in [2.05, 4.69) is 12.2 Å².